The van der Waals surface area contributed by atoms with Crippen LogP contribution in [0.5, 0.6) is 0 Å². The van der Waals surface area contributed by atoms with E-state index in [1.54, 1.807) is 0 Å². The van der Waals surface area contributed by atoms with Crippen molar-refractivity contribution in [2.75, 3.05) is 0 Å². The van der Waals surface area contributed by atoms with Gasteiger partial charge in [-0.15, -0.1) is 0 Å². The molecule has 0 bridgehead atoms. The van der Waals surface area contributed by atoms with E-state index in [9.17, 15) is 0 Å². The van der Waals surface area contributed by atoms with Crippen LogP contribution in [0.2, 0.25) is 0 Å². The van der Waals surface area contributed by atoms with Crippen LogP contribution in [-0.2, 0) is 24.2 Å². The summed E-state index contributed by atoms with van der Waals surface area (Å²) in [5.74, 6) is 0. The first-order valence-electron chi connectivity index (χ1n) is 5.35. The van der Waals surface area contributed by atoms with Crippen LogP contribution in [0.3, 0.4) is 0 Å². The van der Waals surface area contributed by atoms with Crippen LogP contribution < -0.4 is 0 Å². The van der Waals surface area contributed by atoms with E-state index in [1.165, 1.54) is 46.5 Å². The first-order valence-corrected chi connectivity index (χ1v) is 7.09. The van der Waals surface area contributed by atoms with Gasteiger partial charge in [-0.3, -0.25) is 0 Å². The number of hydrogen-bond donors (Lipinski definition) is 0. The maximum absolute atomic E-state index is 3.34. The second kappa shape index (κ2) is 8.59. The number of rotatable bonds is 0. The molecule has 0 unspecified atom stereocenters. The minimum Gasteiger partial charge on any atom is -0.214 e. The maximum atomic E-state index is 3.34. The summed E-state index contributed by atoms with van der Waals surface area (Å²) in [4.78, 5) is 0. The van der Waals surface area contributed by atoms with Crippen LogP contribution in [-0.4, -0.2) is 4.21 Å². The topological polar surface area (TPSA) is 0 Å². The van der Waals surface area contributed by atoms with E-state index in [2.05, 4.69) is 38.0 Å². The fraction of sp³-hybridized carbons (Fsp3) is 0.267. The van der Waals surface area contributed by atoms with E-state index < -0.39 is 0 Å². The summed E-state index contributed by atoms with van der Waals surface area (Å²) in [5.41, 5.74) is 5.75. The van der Waals surface area contributed by atoms with E-state index in [-0.39, 0.29) is 0 Å². The van der Waals surface area contributed by atoms with Crippen molar-refractivity contribution >= 4 is 4.21 Å². The van der Waals surface area contributed by atoms with Gasteiger partial charge in [-0.1, -0.05) is 27.7 Å². The third-order valence-corrected chi connectivity index (χ3v) is 2.73. The summed E-state index contributed by atoms with van der Waals surface area (Å²) in [5, 5.41) is 0. The van der Waals surface area contributed by atoms with Crippen LogP contribution in [0.25, 0.3) is 0 Å². The number of hydrogen-bond acceptors (Lipinski definition) is 0. The summed E-state index contributed by atoms with van der Waals surface area (Å²) >= 11 is 1.30. The molecule has 0 heterocycles. The zero-order chi connectivity index (χ0) is 12.6. The van der Waals surface area contributed by atoms with E-state index >= 15 is 0 Å². The van der Waals surface area contributed by atoms with Crippen molar-refractivity contribution in [3.05, 3.63) is 58.7 Å². The summed E-state index contributed by atoms with van der Waals surface area (Å²) in [7, 11) is 0. The molecule has 0 amide bonds. The minimum absolute atomic E-state index is 1.30. The second-order valence-electron chi connectivity index (χ2n) is 3.72. The van der Waals surface area contributed by atoms with E-state index in [4.69, 9.17) is 0 Å². The Hall–Kier alpha value is -0.547. The van der Waals surface area contributed by atoms with Gasteiger partial charge in [0, 0.05) is 0 Å². The van der Waals surface area contributed by atoms with Gasteiger partial charge < -0.3 is 0 Å². The van der Waals surface area contributed by atoms with Crippen LogP contribution in [0.15, 0.2) is 36.4 Å². The van der Waals surface area contributed by atoms with E-state index in [0.29, 0.717) is 0 Å². The molecule has 0 aromatic heterocycles. The number of aryl methyl sites for hydroxylation is 2. The molecule has 2 aromatic rings. The van der Waals surface area contributed by atoms with Gasteiger partial charge in [0.15, 0.2) is 0 Å². The van der Waals surface area contributed by atoms with Crippen molar-refractivity contribution in [2.45, 2.75) is 27.7 Å². The molecule has 0 fully saturated rings. The van der Waals surface area contributed by atoms with Crippen molar-refractivity contribution in [2.24, 2.45) is 0 Å². The Balaban J connectivity index is 0.000000272. The molecule has 84 valence electrons. The molecular weight excluding hydrogens is 271 g/mol. The molecule has 2 rings (SSSR count). The predicted octanol–water partition coefficient (Wildman–Crippen LogP) is 4.01. The summed E-state index contributed by atoms with van der Waals surface area (Å²) in [6, 6.07) is 12.2. The van der Waals surface area contributed by atoms with Crippen LogP contribution >= 0.6 is 0 Å². The molecule has 1 heteroatoms. The Morgan fingerprint density at radius 3 is 1.75 bits per heavy atom. The fourth-order valence-electron chi connectivity index (χ4n) is 1.45. The van der Waals surface area contributed by atoms with Crippen molar-refractivity contribution in [3.63, 3.8) is 0 Å². The largest absolute Gasteiger partial charge is 0.214 e. The van der Waals surface area contributed by atoms with Gasteiger partial charge in [-0.05, 0) is 0 Å². The Bertz CT molecular complexity index is 340. The van der Waals surface area contributed by atoms with Gasteiger partial charge in [0.25, 0.3) is 0 Å². The van der Waals surface area contributed by atoms with E-state index in [0.717, 1.165) is 0 Å². The molecule has 0 N–H and O–H groups in total. The van der Waals surface area contributed by atoms with Crippen LogP contribution in [0.4, 0.5) is 0 Å². The standard InChI is InChI=1S/C9H13.C5H5.CH2.Zr/c1-6-5-7(2)9(4)8(6)3;1-2-4-5-3-1;;/h5H,1-4H3;1-5H;1H2;/q2*-1;;+2. The second-order valence-corrected chi connectivity index (χ2v) is 3.72. The summed E-state index contributed by atoms with van der Waals surface area (Å²) < 4.78 is 3.34. The van der Waals surface area contributed by atoms with Crippen molar-refractivity contribution in [3.8, 4) is 0 Å². The Labute approximate surface area is 114 Å². The quantitative estimate of drug-likeness (QED) is 0.643. The molecular formula is C15H20Zr. The van der Waals surface area contributed by atoms with Crippen molar-refractivity contribution < 1.29 is 24.2 Å². The zero-order valence-electron chi connectivity index (χ0n) is 10.7. The molecule has 0 radical (unpaired) electrons. The molecule has 0 saturated carbocycles. The normalized spacial score (nSPS) is 8.62. The maximum Gasteiger partial charge on any atom is -0.172 e. The summed E-state index contributed by atoms with van der Waals surface area (Å²) in [6.07, 6.45) is 0. The van der Waals surface area contributed by atoms with Crippen molar-refractivity contribution in [1.29, 1.82) is 0 Å². The van der Waals surface area contributed by atoms with Gasteiger partial charge in [-0.2, -0.15) is 46.5 Å². The SMILES string of the molecule is Cc1c[c-](C)c(C)c1C.[CH2]=[Zr+2].c1cc[cH-]c1. The van der Waals surface area contributed by atoms with Gasteiger partial charge in [-0.25, -0.2) is 12.1 Å². The molecule has 0 saturated heterocycles. The molecule has 2 aromatic carbocycles. The molecule has 0 aliphatic carbocycles. The monoisotopic (exact) mass is 290 g/mol. The first-order chi connectivity index (χ1) is 7.63. The zero-order valence-corrected chi connectivity index (χ0v) is 13.1. The molecule has 0 spiro atoms. The molecule has 0 nitrogen and oxygen atoms in total. The molecule has 0 aliphatic rings. The Morgan fingerprint density at radius 2 is 1.62 bits per heavy atom. The molecule has 0 atom stereocenters. The fourth-order valence-corrected chi connectivity index (χ4v) is 1.45. The van der Waals surface area contributed by atoms with Gasteiger partial charge in [0.05, 0.1) is 0 Å². The smallest absolute Gasteiger partial charge is 0.172 e. The average Bonchev–Trinajstić information content (AvgIpc) is 2.93. The Morgan fingerprint density at radius 1 is 1.12 bits per heavy atom. The van der Waals surface area contributed by atoms with Gasteiger partial charge >= 0.3 is 28.4 Å². The van der Waals surface area contributed by atoms with Crippen LogP contribution in [0, 0.1) is 27.7 Å². The van der Waals surface area contributed by atoms with Gasteiger partial charge in [0.1, 0.15) is 0 Å². The molecule has 0 aliphatic heterocycles. The van der Waals surface area contributed by atoms with Crippen LogP contribution in [0.1, 0.15) is 22.3 Å². The van der Waals surface area contributed by atoms with Gasteiger partial charge in [0.2, 0.25) is 0 Å². The third-order valence-electron chi connectivity index (χ3n) is 2.73. The third kappa shape index (κ3) is 4.99. The Kier molecular flexibility index (Phi) is 8.29. The first kappa shape index (κ1) is 15.5. The molecule has 16 heavy (non-hydrogen) atoms. The minimum atomic E-state index is 1.30. The summed E-state index contributed by atoms with van der Waals surface area (Å²) in [6.45, 7) is 8.68. The average molecular weight is 292 g/mol. The van der Waals surface area contributed by atoms with Crippen molar-refractivity contribution in [1.82, 2.24) is 0 Å². The predicted molar refractivity (Wildman–Crippen MR) is 70.1 cm³/mol. The van der Waals surface area contributed by atoms with E-state index in [1.807, 2.05) is 30.3 Å².